The maximum atomic E-state index is 14.3. The number of rotatable bonds is 14. The summed E-state index contributed by atoms with van der Waals surface area (Å²) in [7, 11) is -15.6. The predicted octanol–water partition coefficient (Wildman–Crippen LogP) is 7.53. The van der Waals surface area contributed by atoms with Crippen LogP contribution in [0.25, 0.3) is 22.3 Å². The second-order valence-electron chi connectivity index (χ2n) is 22.7. The van der Waals surface area contributed by atoms with E-state index in [0.717, 1.165) is 24.3 Å². The van der Waals surface area contributed by atoms with Crippen molar-refractivity contribution in [2.45, 2.75) is 159 Å². The number of amides is 2. The molecule has 2 aromatic carbocycles. The molecule has 452 valence electrons. The van der Waals surface area contributed by atoms with E-state index in [2.05, 4.69) is 20.6 Å². The number of hydrogen-bond donors (Lipinski definition) is 2. The van der Waals surface area contributed by atoms with Crippen LogP contribution < -0.4 is 10.6 Å². The van der Waals surface area contributed by atoms with E-state index in [-0.39, 0.29) is 85.5 Å². The van der Waals surface area contributed by atoms with E-state index in [1.54, 1.807) is 26.0 Å². The zero-order chi connectivity index (χ0) is 61.0. The van der Waals surface area contributed by atoms with Gasteiger partial charge in [-0.2, -0.15) is 36.9 Å². The lowest BCUT2D eigenvalue weighted by Crippen LogP contribution is -2.43. The van der Waals surface area contributed by atoms with Gasteiger partial charge < -0.3 is 20.1 Å². The predicted molar refractivity (Wildman–Crippen MR) is 291 cm³/mol. The molecule has 28 heteroatoms. The summed E-state index contributed by atoms with van der Waals surface area (Å²) in [4.78, 5) is 32.8. The second-order valence-corrected chi connectivity index (χ2v) is 31.7. The van der Waals surface area contributed by atoms with Crippen LogP contribution in [0.3, 0.4) is 0 Å². The van der Waals surface area contributed by atoms with Gasteiger partial charge in [0.05, 0.1) is 103 Å². The third-order valence-corrected chi connectivity index (χ3v) is 24.4. The fourth-order valence-corrected chi connectivity index (χ4v) is 18.3. The average molecular weight is 1250 g/mol. The maximum Gasteiger partial charge on any atom is 0.417 e. The third kappa shape index (κ3) is 14.1. The summed E-state index contributed by atoms with van der Waals surface area (Å²) in [5, 5.41) is 21.4. The Hall–Kier alpha value is -6.04. The minimum absolute atomic E-state index is 0.112. The van der Waals surface area contributed by atoms with Crippen LogP contribution in [0.2, 0.25) is 0 Å². The number of aryl methyl sites for hydroxylation is 2. The molecule has 84 heavy (non-hydrogen) atoms. The molecule has 6 fully saturated rings. The Labute approximate surface area is 482 Å². The topological polar surface area (TPSA) is 287 Å². The van der Waals surface area contributed by atoms with Gasteiger partial charge in [-0.3, -0.25) is 19.6 Å². The number of sulfone groups is 4. The highest BCUT2D eigenvalue weighted by Crippen LogP contribution is 2.46. The first kappa shape index (κ1) is 62.5. The molecule has 2 amide bonds. The van der Waals surface area contributed by atoms with Crippen LogP contribution in [0.4, 0.5) is 26.3 Å². The third-order valence-electron chi connectivity index (χ3n) is 16.5. The molecule has 2 aromatic heterocycles. The summed E-state index contributed by atoms with van der Waals surface area (Å²) in [6.07, 6.45) is -8.76. The highest BCUT2D eigenvalue weighted by Gasteiger charge is 2.54. The van der Waals surface area contributed by atoms with Crippen LogP contribution in [-0.2, 0) is 70.8 Å². The Morgan fingerprint density at radius 3 is 1.19 bits per heavy atom. The van der Waals surface area contributed by atoms with Crippen molar-refractivity contribution in [3.8, 4) is 34.4 Å². The van der Waals surface area contributed by atoms with Gasteiger partial charge in [-0.15, -0.1) is 0 Å². The molecule has 0 bridgehead atoms. The Morgan fingerprint density at radius 2 is 0.893 bits per heavy atom. The number of alkyl halides is 6. The number of ether oxygens (including phenoxy) is 2. The quantitative estimate of drug-likeness (QED) is 0.115. The van der Waals surface area contributed by atoms with Crippen LogP contribution in [0.5, 0.6) is 0 Å². The number of pyridine rings is 2. The zero-order valence-electron chi connectivity index (χ0n) is 45.4. The monoisotopic (exact) mass is 1250 g/mol. The molecule has 0 spiro atoms. The highest BCUT2D eigenvalue weighted by atomic mass is 32.2. The van der Waals surface area contributed by atoms with Crippen LogP contribution >= 0.6 is 0 Å². The van der Waals surface area contributed by atoms with Gasteiger partial charge in [0.2, 0.25) is 11.8 Å². The number of carbonyl (C=O) groups is 2. The highest BCUT2D eigenvalue weighted by molar-refractivity contribution is 7.92. The summed E-state index contributed by atoms with van der Waals surface area (Å²) < 4.78 is 201. The molecular weight excluding hydrogens is 1190 g/mol. The van der Waals surface area contributed by atoms with Gasteiger partial charge in [-0.05, 0) is 162 Å². The average Bonchev–Trinajstić information content (AvgIpc) is 1.97. The van der Waals surface area contributed by atoms with Crippen molar-refractivity contribution in [3.05, 3.63) is 95.6 Å². The Bertz CT molecular complexity index is 3520. The molecular formula is C56H60F6N6O12S4. The number of nitrogens with zero attached hydrogens (tertiary/aromatic N) is 4. The number of nitriles is 2. The van der Waals surface area contributed by atoms with E-state index >= 15 is 0 Å². The molecule has 18 nitrogen and oxygen atoms in total. The van der Waals surface area contributed by atoms with Crippen molar-refractivity contribution in [2.24, 2.45) is 11.8 Å². The van der Waals surface area contributed by atoms with Gasteiger partial charge in [0.15, 0.2) is 39.3 Å². The zero-order valence-corrected chi connectivity index (χ0v) is 48.7. The van der Waals surface area contributed by atoms with Crippen molar-refractivity contribution in [3.63, 3.8) is 0 Å². The van der Waals surface area contributed by atoms with Gasteiger partial charge in [-0.25, -0.2) is 33.7 Å². The summed E-state index contributed by atoms with van der Waals surface area (Å²) in [5.41, 5.74) is -2.28. The first-order valence-electron chi connectivity index (χ1n) is 27.2. The molecule has 2 saturated heterocycles. The van der Waals surface area contributed by atoms with E-state index in [4.69, 9.17) is 9.47 Å². The molecule has 10 rings (SSSR count). The van der Waals surface area contributed by atoms with Gasteiger partial charge >= 0.3 is 12.4 Å². The van der Waals surface area contributed by atoms with Crippen LogP contribution in [0.1, 0.15) is 99.6 Å². The summed E-state index contributed by atoms with van der Waals surface area (Å²) in [5.74, 6) is -3.72. The number of carbonyl (C=O) groups excluding carboxylic acids is 2. The standard InChI is InChI=1S/2C28H30F3N3O6S2/c2*1-17-12-19(4-9-33-17)18-2-3-25(23(13-18)28(29,30)31)42(38,39)21-14-22(26(35)34-27(16-32)7-8-27)24(15-21)40-20-5-10-41(36,37)11-6-20/h2*2-4,9,12-13,20-22,24H,5-8,10-11,14-15H2,1H3,(H,34,35)/t2*21-,22-,24-/m10/s1. The van der Waals surface area contributed by atoms with Crippen molar-refractivity contribution in [2.75, 3.05) is 23.0 Å². The molecule has 0 unspecified atom stereocenters. The Kier molecular flexibility index (Phi) is 17.4. The van der Waals surface area contributed by atoms with E-state index in [9.17, 15) is 80.1 Å². The van der Waals surface area contributed by atoms with Gasteiger partial charge in [0, 0.05) is 23.8 Å². The smallest absolute Gasteiger partial charge is 0.374 e. The molecule has 6 aliphatic rings. The van der Waals surface area contributed by atoms with Crippen molar-refractivity contribution in [1.29, 1.82) is 10.5 Å². The molecule has 4 aliphatic carbocycles. The maximum absolute atomic E-state index is 14.3. The van der Waals surface area contributed by atoms with Crippen LogP contribution in [-0.4, -0.2) is 124 Å². The van der Waals surface area contributed by atoms with Gasteiger partial charge in [0.1, 0.15) is 11.1 Å². The lowest BCUT2D eigenvalue weighted by molar-refractivity contribution is -0.140. The number of hydrogen-bond acceptors (Lipinski definition) is 16. The van der Waals surface area contributed by atoms with Crippen molar-refractivity contribution < 1.29 is 79.1 Å². The van der Waals surface area contributed by atoms with E-state index in [1.807, 2.05) is 12.1 Å². The first-order valence-corrected chi connectivity index (χ1v) is 33.9. The van der Waals surface area contributed by atoms with Crippen molar-refractivity contribution in [1.82, 2.24) is 20.6 Å². The van der Waals surface area contributed by atoms with Gasteiger partial charge in [-0.1, -0.05) is 12.1 Å². The number of nitrogens with one attached hydrogen (secondary N) is 2. The summed E-state index contributed by atoms with van der Waals surface area (Å²) in [6, 6.07) is 16.5. The normalized spacial score (nSPS) is 25.5. The van der Waals surface area contributed by atoms with E-state index < -0.39 is 142 Å². The lowest BCUT2D eigenvalue weighted by Gasteiger charge is -2.28. The molecule has 2 aliphatic heterocycles. The number of benzene rings is 2. The molecule has 4 saturated carbocycles. The number of halogens is 6. The van der Waals surface area contributed by atoms with Crippen molar-refractivity contribution >= 4 is 51.2 Å². The second kappa shape index (κ2) is 23.3. The molecule has 0 radical (unpaired) electrons. The van der Waals surface area contributed by atoms with Crippen LogP contribution in [0.15, 0.2) is 82.8 Å². The number of aromatic nitrogens is 2. The SMILES string of the molecule is Cc1cc(-c2ccc(S(=O)(=O)[C@@H]3C[C@H](OC4CCS(=O)(=O)CC4)[C@@H](C(=O)NC4(C#N)CC4)C3)c(C(F)(F)F)c2)ccn1.Cc1cc(-c2ccc(S(=O)(=O)[C@H]3C[C@@H](OC4CCS(=O)(=O)CC4)[C@H](C(=O)NC4(C#N)CC4)C3)c(C(F)(F)F)c2)ccn1. The minimum Gasteiger partial charge on any atom is -0.374 e. The van der Waals surface area contributed by atoms with E-state index in [1.165, 1.54) is 36.7 Å². The van der Waals surface area contributed by atoms with E-state index in [0.29, 0.717) is 48.2 Å². The van der Waals surface area contributed by atoms with Crippen LogP contribution in [0, 0.1) is 48.3 Å². The molecule has 2 N–H and O–H groups in total. The minimum atomic E-state index is -4.98. The summed E-state index contributed by atoms with van der Waals surface area (Å²) in [6.45, 7) is 3.37. The molecule has 6 atom stereocenters. The van der Waals surface area contributed by atoms with Gasteiger partial charge in [0.25, 0.3) is 0 Å². The Balaban J connectivity index is 0.000000202. The largest absolute Gasteiger partial charge is 0.417 e. The first-order chi connectivity index (χ1) is 39.2. The summed E-state index contributed by atoms with van der Waals surface area (Å²) >= 11 is 0. The fraction of sp³-hybridized carbons (Fsp3) is 0.536. The fourth-order valence-electron chi connectivity index (χ4n) is 11.4. The Morgan fingerprint density at radius 1 is 0.560 bits per heavy atom. The lowest BCUT2D eigenvalue weighted by atomic mass is 10.0. The molecule has 4 aromatic rings. The molecule has 4 heterocycles.